The average Bonchev–Trinajstić information content (AvgIpc) is 3.20. The topological polar surface area (TPSA) is 78.7 Å². The second-order valence-electron chi connectivity index (χ2n) is 7.38. The first-order chi connectivity index (χ1) is 13.0. The molecule has 1 aromatic heterocycles. The molecule has 1 fully saturated rings. The van der Waals surface area contributed by atoms with Crippen molar-refractivity contribution >= 4 is 23.5 Å². The van der Waals surface area contributed by atoms with E-state index in [1.165, 1.54) is 0 Å². The second kappa shape index (κ2) is 6.84. The molecule has 1 aromatic carbocycles. The van der Waals surface area contributed by atoms with Gasteiger partial charge in [0.15, 0.2) is 0 Å². The van der Waals surface area contributed by atoms with Crippen molar-refractivity contribution in [2.75, 3.05) is 16.9 Å². The van der Waals surface area contributed by atoms with Crippen molar-refractivity contribution in [2.24, 2.45) is 0 Å². The van der Waals surface area contributed by atoms with Crippen molar-refractivity contribution in [3.63, 3.8) is 0 Å². The fourth-order valence-electron chi connectivity index (χ4n) is 2.67. The molecule has 1 N–H and O–H groups in total. The molecule has 0 bridgehead atoms. The van der Waals surface area contributed by atoms with Gasteiger partial charge in [-0.2, -0.15) is 13.2 Å². The summed E-state index contributed by atoms with van der Waals surface area (Å²) >= 11 is 0. The highest BCUT2D eigenvalue weighted by atomic mass is 19.4. The van der Waals surface area contributed by atoms with Crippen LogP contribution < -0.4 is 10.3 Å². The molecule has 0 spiro atoms. The summed E-state index contributed by atoms with van der Waals surface area (Å²) in [7, 11) is 0. The van der Waals surface area contributed by atoms with Crippen molar-refractivity contribution in [1.29, 1.82) is 0 Å². The lowest BCUT2D eigenvalue weighted by Gasteiger charge is -2.27. The number of nitrogens with one attached hydrogen (secondary N) is 1. The quantitative estimate of drug-likeness (QED) is 0.826. The predicted molar refractivity (Wildman–Crippen MR) is 94.5 cm³/mol. The number of halogens is 3. The summed E-state index contributed by atoms with van der Waals surface area (Å²) in [4.78, 5) is 24.8. The van der Waals surface area contributed by atoms with Crippen molar-refractivity contribution in [3.05, 3.63) is 41.6 Å². The summed E-state index contributed by atoms with van der Waals surface area (Å²) in [6, 6.07) is 4.96. The van der Waals surface area contributed by atoms with E-state index in [9.17, 15) is 22.8 Å². The molecule has 0 radical (unpaired) electrons. The van der Waals surface area contributed by atoms with Crippen LogP contribution in [0.15, 0.2) is 34.9 Å². The van der Waals surface area contributed by atoms with Gasteiger partial charge in [-0.05, 0) is 24.3 Å². The van der Waals surface area contributed by atoms with Gasteiger partial charge >= 0.3 is 12.2 Å². The number of hydrogen-bond donors (Lipinski definition) is 1. The zero-order chi connectivity index (χ0) is 20.7. The molecule has 150 valence electrons. The maximum absolute atomic E-state index is 12.7. The maximum atomic E-state index is 12.7. The number of amides is 3. The highest BCUT2D eigenvalue weighted by Gasteiger charge is 2.36. The third-order valence-electron chi connectivity index (χ3n) is 4.20. The zero-order valence-corrected chi connectivity index (χ0v) is 15.5. The van der Waals surface area contributed by atoms with Crippen LogP contribution in [0.4, 0.5) is 29.5 Å². The van der Waals surface area contributed by atoms with Gasteiger partial charge in [0.1, 0.15) is 0 Å². The van der Waals surface area contributed by atoms with Crippen LogP contribution in [0, 0.1) is 0 Å². The van der Waals surface area contributed by atoms with Crippen LogP contribution >= 0.6 is 0 Å². The first kappa shape index (κ1) is 19.7. The van der Waals surface area contributed by atoms with E-state index < -0.39 is 23.7 Å². The van der Waals surface area contributed by atoms with E-state index in [0.29, 0.717) is 5.69 Å². The molecule has 3 rings (SSSR count). The van der Waals surface area contributed by atoms with Crippen LogP contribution in [0.2, 0.25) is 0 Å². The minimum Gasteiger partial charge on any atom is -0.338 e. The van der Waals surface area contributed by atoms with E-state index >= 15 is 0 Å². The molecule has 1 aliphatic heterocycles. The molecule has 0 saturated carbocycles. The van der Waals surface area contributed by atoms with Gasteiger partial charge in [-0.1, -0.05) is 25.9 Å². The number of hydrogen-bond acceptors (Lipinski definition) is 4. The van der Waals surface area contributed by atoms with Crippen LogP contribution in [0.3, 0.4) is 0 Å². The number of carbonyl (C=O) groups excluding carboxylic acids is 2. The normalized spacial score (nSPS) is 15.3. The van der Waals surface area contributed by atoms with E-state index in [1.54, 1.807) is 6.07 Å². The first-order valence-electron chi connectivity index (χ1n) is 8.52. The van der Waals surface area contributed by atoms with Crippen LogP contribution in [0.25, 0.3) is 0 Å². The number of carbonyl (C=O) groups is 2. The molecular weight excluding hydrogens is 377 g/mol. The Balaban J connectivity index is 1.78. The summed E-state index contributed by atoms with van der Waals surface area (Å²) in [5.41, 5.74) is -0.309. The van der Waals surface area contributed by atoms with Crippen LogP contribution in [-0.2, 0) is 16.4 Å². The van der Waals surface area contributed by atoms with Crippen molar-refractivity contribution in [1.82, 2.24) is 10.2 Å². The fraction of sp³-hybridized carbons (Fsp3) is 0.389. The van der Waals surface area contributed by atoms with Gasteiger partial charge in [0, 0.05) is 17.9 Å². The summed E-state index contributed by atoms with van der Waals surface area (Å²) in [5.74, 6) is -0.287. The highest BCUT2D eigenvalue weighted by molar-refractivity contribution is 6.01. The number of aromatic nitrogens is 1. The molecule has 7 nitrogen and oxygen atoms in total. The minimum atomic E-state index is -4.48. The van der Waals surface area contributed by atoms with Gasteiger partial charge in [-0.15, -0.1) is 0 Å². The Kier molecular flexibility index (Phi) is 4.82. The summed E-state index contributed by atoms with van der Waals surface area (Å²) in [6.07, 6.45) is -4.43. The fourth-order valence-corrected chi connectivity index (χ4v) is 2.67. The van der Waals surface area contributed by atoms with Crippen LogP contribution in [0.5, 0.6) is 0 Å². The molecule has 1 saturated heterocycles. The first-order valence-corrected chi connectivity index (χ1v) is 8.52. The third kappa shape index (κ3) is 3.95. The third-order valence-corrected chi connectivity index (χ3v) is 4.20. The molecule has 3 amide bonds. The van der Waals surface area contributed by atoms with E-state index in [1.807, 2.05) is 20.8 Å². The average molecular weight is 396 g/mol. The van der Waals surface area contributed by atoms with E-state index in [2.05, 4.69) is 10.5 Å². The van der Waals surface area contributed by atoms with Crippen molar-refractivity contribution < 1.29 is 27.3 Å². The molecule has 1 aliphatic rings. The SMILES string of the molecule is CC(C)(C)c1cc(NC(=O)N2CCC(=O)N2c2ccc(C(F)(F)F)cc2)on1. The number of hydrazine groups is 1. The molecule has 10 heteroatoms. The van der Waals surface area contributed by atoms with Crippen molar-refractivity contribution in [3.8, 4) is 0 Å². The van der Waals surface area contributed by atoms with Gasteiger partial charge in [-0.25, -0.2) is 14.8 Å². The molecule has 0 atom stereocenters. The molecule has 28 heavy (non-hydrogen) atoms. The monoisotopic (exact) mass is 396 g/mol. The Morgan fingerprint density at radius 3 is 2.36 bits per heavy atom. The Morgan fingerprint density at radius 1 is 1.18 bits per heavy atom. The number of alkyl halides is 3. The molecule has 0 aliphatic carbocycles. The summed E-state index contributed by atoms with van der Waals surface area (Å²) < 4.78 is 43.3. The van der Waals surface area contributed by atoms with Gasteiger partial charge in [-0.3, -0.25) is 10.1 Å². The Hall–Kier alpha value is -3.04. The van der Waals surface area contributed by atoms with Gasteiger partial charge in [0.25, 0.3) is 0 Å². The van der Waals surface area contributed by atoms with E-state index in [0.717, 1.165) is 34.3 Å². The van der Waals surface area contributed by atoms with Gasteiger partial charge in [0.05, 0.1) is 23.5 Å². The Morgan fingerprint density at radius 2 is 1.82 bits per heavy atom. The second-order valence-corrected chi connectivity index (χ2v) is 7.38. The molecular formula is C18H19F3N4O3. The number of benzene rings is 1. The zero-order valence-electron chi connectivity index (χ0n) is 15.5. The van der Waals surface area contributed by atoms with E-state index in [-0.39, 0.29) is 30.0 Å². The highest BCUT2D eigenvalue weighted by Crippen LogP contribution is 2.32. The maximum Gasteiger partial charge on any atom is 0.416 e. The lowest BCUT2D eigenvalue weighted by Crippen LogP contribution is -2.45. The van der Waals surface area contributed by atoms with Crippen LogP contribution in [0.1, 0.15) is 38.4 Å². The summed E-state index contributed by atoms with van der Waals surface area (Å²) in [6.45, 7) is 5.89. The smallest absolute Gasteiger partial charge is 0.338 e. The molecule has 2 heterocycles. The largest absolute Gasteiger partial charge is 0.416 e. The summed E-state index contributed by atoms with van der Waals surface area (Å²) in [5, 5.41) is 8.58. The number of anilines is 2. The standard InChI is InChI=1S/C18H19F3N4O3/c1-17(2,3)13-10-14(28-23-13)22-16(27)24-9-8-15(26)25(24)12-6-4-11(5-7-12)18(19,20)21/h4-7,10H,8-9H2,1-3H3,(H,22,27). The van der Waals surface area contributed by atoms with Gasteiger partial charge < -0.3 is 4.52 Å². The number of urea groups is 1. The van der Waals surface area contributed by atoms with Crippen LogP contribution in [-0.4, -0.2) is 28.6 Å². The Labute approximate surface area is 159 Å². The Bertz CT molecular complexity index is 885. The lowest BCUT2D eigenvalue weighted by molar-refractivity contribution is -0.137. The number of rotatable bonds is 2. The van der Waals surface area contributed by atoms with Gasteiger partial charge in [0.2, 0.25) is 11.8 Å². The lowest BCUT2D eigenvalue weighted by atomic mass is 9.92. The predicted octanol–water partition coefficient (Wildman–Crippen LogP) is 4.18. The molecule has 2 aromatic rings. The van der Waals surface area contributed by atoms with E-state index in [4.69, 9.17) is 4.52 Å². The molecule has 0 unspecified atom stereocenters. The number of nitrogens with zero attached hydrogens (tertiary/aromatic N) is 3. The van der Waals surface area contributed by atoms with Crippen molar-refractivity contribution in [2.45, 2.75) is 38.8 Å². The minimum absolute atomic E-state index is 0.0537.